The van der Waals surface area contributed by atoms with Gasteiger partial charge >= 0.3 is 0 Å². The summed E-state index contributed by atoms with van der Waals surface area (Å²) in [7, 11) is 0. The fraction of sp³-hybridized carbons (Fsp3) is 0.652. The lowest BCUT2D eigenvalue weighted by molar-refractivity contribution is -0.143. The van der Waals surface area contributed by atoms with E-state index in [9.17, 15) is 9.59 Å². The Labute approximate surface area is 174 Å². The van der Waals surface area contributed by atoms with Crippen molar-refractivity contribution in [1.82, 2.24) is 10.2 Å². The number of piperidine rings is 1. The van der Waals surface area contributed by atoms with Gasteiger partial charge in [0.05, 0.1) is 17.5 Å². The molecule has 3 N–H and O–H groups in total. The second-order valence-corrected chi connectivity index (χ2v) is 9.07. The zero-order valence-electron chi connectivity index (χ0n) is 17.8. The highest BCUT2D eigenvalue weighted by atomic mass is 16.5. The minimum atomic E-state index is -0.871. The summed E-state index contributed by atoms with van der Waals surface area (Å²) >= 11 is 0. The molecular formula is C23H35N3O3. The molecule has 0 saturated carbocycles. The molecule has 2 aliphatic rings. The number of benzene rings is 1. The zero-order valence-corrected chi connectivity index (χ0v) is 17.8. The number of rotatable bonds is 1. The van der Waals surface area contributed by atoms with Gasteiger partial charge < -0.3 is 20.7 Å². The fourth-order valence-corrected chi connectivity index (χ4v) is 4.46. The van der Waals surface area contributed by atoms with E-state index in [-0.39, 0.29) is 11.8 Å². The molecule has 3 rings (SSSR count). The lowest BCUT2D eigenvalue weighted by Crippen LogP contribution is -2.56. The summed E-state index contributed by atoms with van der Waals surface area (Å²) in [6.45, 7) is 5.62. The topological polar surface area (TPSA) is 84.7 Å². The van der Waals surface area contributed by atoms with E-state index in [1.807, 2.05) is 17.0 Å². The third kappa shape index (κ3) is 5.30. The normalized spacial score (nSPS) is 21.1. The van der Waals surface area contributed by atoms with E-state index in [4.69, 9.17) is 10.5 Å². The summed E-state index contributed by atoms with van der Waals surface area (Å²) in [4.78, 5) is 27.4. The molecule has 2 aliphatic heterocycles. The Morgan fingerprint density at radius 1 is 1.14 bits per heavy atom. The van der Waals surface area contributed by atoms with E-state index < -0.39 is 11.0 Å². The molecule has 6 heteroatoms. The molecule has 0 atom stereocenters. The smallest absolute Gasteiger partial charge is 0.242 e. The number of para-hydroxylation sites is 1. The summed E-state index contributed by atoms with van der Waals surface area (Å²) in [5.74, 6) is 0.989. The first-order chi connectivity index (χ1) is 13.8. The maximum Gasteiger partial charge on any atom is 0.242 e. The second-order valence-electron chi connectivity index (χ2n) is 9.07. The third-order valence-corrected chi connectivity index (χ3v) is 6.26. The number of nitrogens with two attached hydrogens (primary N) is 1. The predicted molar refractivity (Wildman–Crippen MR) is 114 cm³/mol. The van der Waals surface area contributed by atoms with Crippen molar-refractivity contribution in [3.05, 3.63) is 29.8 Å². The van der Waals surface area contributed by atoms with E-state index in [0.29, 0.717) is 39.1 Å². The highest BCUT2D eigenvalue weighted by molar-refractivity contribution is 5.86. The molecular weight excluding hydrogens is 366 g/mol. The Morgan fingerprint density at radius 3 is 2.59 bits per heavy atom. The Bertz CT molecular complexity index is 718. The van der Waals surface area contributed by atoms with Crippen LogP contribution in [0, 0.1) is 5.41 Å². The van der Waals surface area contributed by atoms with Crippen LogP contribution in [0.4, 0.5) is 0 Å². The Kier molecular flexibility index (Phi) is 6.83. The van der Waals surface area contributed by atoms with Gasteiger partial charge in [0.1, 0.15) is 12.4 Å². The maximum absolute atomic E-state index is 13.1. The van der Waals surface area contributed by atoms with Gasteiger partial charge in [-0.15, -0.1) is 0 Å². The summed E-state index contributed by atoms with van der Waals surface area (Å²) in [6.07, 6.45) is 6.45. The fourth-order valence-electron chi connectivity index (χ4n) is 4.46. The van der Waals surface area contributed by atoms with Crippen LogP contribution in [0.15, 0.2) is 24.3 Å². The average Bonchev–Trinajstić information content (AvgIpc) is 2.71. The van der Waals surface area contributed by atoms with Gasteiger partial charge in [-0.1, -0.05) is 31.0 Å². The number of nitrogens with zero attached hydrogens (tertiary/aromatic N) is 1. The molecule has 0 radical (unpaired) electrons. The Morgan fingerprint density at radius 2 is 1.86 bits per heavy atom. The second kappa shape index (κ2) is 9.16. The molecule has 29 heavy (non-hydrogen) atoms. The number of amides is 2. The maximum atomic E-state index is 13.1. The molecule has 0 aromatic heterocycles. The SMILES string of the molecule is CC(C)(N)C(=O)N1CCC2(CCCCCc3ccccc3OCCNC2=O)CC1. The molecule has 0 aliphatic carbocycles. The highest BCUT2D eigenvalue weighted by Gasteiger charge is 2.42. The van der Waals surface area contributed by atoms with Crippen LogP contribution in [0.25, 0.3) is 0 Å². The van der Waals surface area contributed by atoms with Crippen molar-refractivity contribution in [2.24, 2.45) is 11.1 Å². The molecule has 1 saturated heterocycles. The predicted octanol–water partition coefficient (Wildman–Crippen LogP) is 2.64. The zero-order chi connectivity index (χ0) is 20.9. The van der Waals surface area contributed by atoms with Gasteiger partial charge in [0.25, 0.3) is 0 Å². The molecule has 160 valence electrons. The van der Waals surface area contributed by atoms with Gasteiger partial charge in [-0.05, 0) is 57.6 Å². The van der Waals surface area contributed by atoms with Crippen molar-refractivity contribution < 1.29 is 14.3 Å². The number of fused-ring (bicyclic) bond motifs is 1. The lowest BCUT2D eigenvalue weighted by atomic mass is 9.73. The first-order valence-electron chi connectivity index (χ1n) is 10.9. The van der Waals surface area contributed by atoms with Gasteiger partial charge in [0.15, 0.2) is 0 Å². The van der Waals surface area contributed by atoms with Crippen molar-refractivity contribution >= 4 is 11.8 Å². The number of aryl methyl sites for hydroxylation is 1. The Balaban J connectivity index is 1.65. The van der Waals surface area contributed by atoms with E-state index in [0.717, 1.165) is 37.9 Å². The number of hydrogen-bond acceptors (Lipinski definition) is 4. The van der Waals surface area contributed by atoms with Crippen LogP contribution >= 0.6 is 0 Å². The van der Waals surface area contributed by atoms with Crippen LogP contribution in [0.1, 0.15) is 57.9 Å². The first kappa shape index (κ1) is 21.6. The van der Waals surface area contributed by atoms with Crippen LogP contribution in [-0.4, -0.2) is 48.5 Å². The molecule has 1 aromatic carbocycles. The van der Waals surface area contributed by atoms with Crippen LogP contribution in [0.5, 0.6) is 5.75 Å². The number of hydrogen-bond donors (Lipinski definition) is 2. The molecule has 6 nitrogen and oxygen atoms in total. The molecule has 2 heterocycles. The van der Waals surface area contributed by atoms with Crippen molar-refractivity contribution in [3.8, 4) is 5.75 Å². The molecule has 0 unspecified atom stereocenters. The van der Waals surface area contributed by atoms with Crippen LogP contribution in [0.2, 0.25) is 0 Å². The number of carbonyl (C=O) groups excluding carboxylic acids is 2. The summed E-state index contributed by atoms with van der Waals surface area (Å²) in [5.41, 5.74) is 5.97. The monoisotopic (exact) mass is 401 g/mol. The van der Waals surface area contributed by atoms with Crippen LogP contribution < -0.4 is 15.8 Å². The minimum Gasteiger partial charge on any atom is -0.491 e. The van der Waals surface area contributed by atoms with Gasteiger partial charge in [-0.3, -0.25) is 9.59 Å². The van der Waals surface area contributed by atoms with Crippen molar-refractivity contribution in [2.45, 2.75) is 64.3 Å². The lowest BCUT2D eigenvalue weighted by Gasteiger charge is -2.42. The largest absolute Gasteiger partial charge is 0.491 e. The van der Waals surface area contributed by atoms with Crippen LogP contribution in [0.3, 0.4) is 0 Å². The third-order valence-electron chi connectivity index (χ3n) is 6.26. The Hall–Kier alpha value is -2.08. The molecule has 1 aromatic rings. The number of ether oxygens (including phenoxy) is 1. The highest BCUT2D eigenvalue weighted by Crippen LogP contribution is 2.38. The average molecular weight is 402 g/mol. The van der Waals surface area contributed by atoms with Gasteiger partial charge in [0.2, 0.25) is 11.8 Å². The summed E-state index contributed by atoms with van der Waals surface area (Å²) in [5, 5.41) is 3.09. The number of nitrogens with one attached hydrogen (secondary N) is 1. The summed E-state index contributed by atoms with van der Waals surface area (Å²) < 4.78 is 5.93. The molecule has 2 amide bonds. The van der Waals surface area contributed by atoms with Gasteiger partial charge in [0, 0.05) is 13.1 Å². The van der Waals surface area contributed by atoms with E-state index >= 15 is 0 Å². The number of likely N-dealkylation sites (tertiary alicyclic amines) is 1. The van der Waals surface area contributed by atoms with E-state index in [2.05, 4.69) is 17.4 Å². The van der Waals surface area contributed by atoms with E-state index in [1.165, 1.54) is 5.56 Å². The standard InChI is InChI=1S/C23H35N3O3/c1-22(2,24)21(28)26-15-12-23(13-16-26)11-7-3-4-8-18-9-5-6-10-19(18)29-17-14-25-20(23)27/h5-6,9-10H,3-4,7-8,11-17,24H2,1-2H3,(H,25,27). The van der Waals surface area contributed by atoms with Crippen molar-refractivity contribution in [1.29, 1.82) is 0 Å². The van der Waals surface area contributed by atoms with E-state index in [1.54, 1.807) is 13.8 Å². The summed E-state index contributed by atoms with van der Waals surface area (Å²) in [6, 6.07) is 8.17. The molecule has 0 bridgehead atoms. The molecule has 1 spiro atoms. The first-order valence-corrected chi connectivity index (χ1v) is 10.9. The van der Waals surface area contributed by atoms with Crippen LogP contribution in [-0.2, 0) is 16.0 Å². The quantitative estimate of drug-likeness (QED) is 0.758. The number of carbonyl (C=O) groups is 2. The van der Waals surface area contributed by atoms with Crippen molar-refractivity contribution in [3.63, 3.8) is 0 Å². The van der Waals surface area contributed by atoms with Gasteiger partial charge in [-0.2, -0.15) is 0 Å². The van der Waals surface area contributed by atoms with Crippen molar-refractivity contribution in [2.75, 3.05) is 26.2 Å². The molecule has 1 fully saturated rings. The minimum absolute atomic E-state index is 0.0384. The van der Waals surface area contributed by atoms with Gasteiger partial charge in [-0.25, -0.2) is 0 Å².